The summed E-state index contributed by atoms with van der Waals surface area (Å²) in [6.45, 7) is 2.24. The minimum absolute atomic E-state index is 0.183. The fourth-order valence-corrected chi connectivity index (χ4v) is 2.87. The molecule has 7 nitrogen and oxygen atoms in total. The van der Waals surface area contributed by atoms with Crippen molar-refractivity contribution in [1.29, 1.82) is 0 Å². The van der Waals surface area contributed by atoms with E-state index in [2.05, 4.69) is 14.9 Å². The Morgan fingerprint density at radius 2 is 2.15 bits per heavy atom. The van der Waals surface area contributed by atoms with E-state index in [9.17, 15) is 9.59 Å². The lowest BCUT2D eigenvalue weighted by molar-refractivity contribution is 0.0947. The molecule has 7 heteroatoms. The van der Waals surface area contributed by atoms with Crippen molar-refractivity contribution in [1.82, 2.24) is 10.5 Å². The van der Waals surface area contributed by atoms with Crippen molar-refractivity contribution in [3.63, 3.8) is 0 Å². The van der Waals surface area contributed by atoms with Gasteiger partial charge >= 0.3 is 5.63 Å². The number of ether oxygens (including phenoxy) is 1. The summed E-state index contributed by atoms with van der Waals surface area (Å²) in [6.07, 6.45) is 2.18. The Labute approximate surface area is 148 Å². The van der Waals surface area contributed by atoms with E-state index in [0.29, 0.717) is 11.5 Å². The topological polar surface area (TPSA) is 94.6 Å². The van der Waals surface area contributed by atoms with Crippen LogP contribution in [0.25, 0.3) is 11.3 Å². The van der Waals surface area contributed by atoms with Crippen molar-refractivity contribution < 1.29 is 18.5 Å². The van der Waals surface area contributed by atoms with Gasteiger partial charge in [-0.1, -0.05) is 5.16 Å². The molecule has 1 amide bonds. The maximum absolute atomic E-state index is 12.0. The molecule has 0 radical (unpaired) electrons. The van der Waals surface area contributed by atoms with Gasteiger partial charge in [0.05, 0.1) is 12.1 Å². The van der Waals surface area contributed by atoms with Gasteiger partial charge in [-0.25, -0.2) is 4.79 Å². The SMILES string of the molecule is CC1Cc2cc(-c3cc(CNC(=O)c4ccc(=O)oc4)no3)ccc2O1. The molecule has 1 aliphatic rings. The summed E-state index contributed by atoms with van der Waals surface area (Å²) in [5.74, 6) is 1.17. The van der Waals surface area contributed by atoms with Crippen molar-refractivity contribution in [3.8, 4) is 17.1 Å². The van der Waals surface area contributed by atoms with Crippen LogP contribution in [0.3, 0.4) is 0 Å². The summed E-state index contributed by atoms with van der Waals surface area (Å²) >= 11 is 0. The minimum Gasteiger partial charge on any atom is -0.490 e. The first-order valence-corrected chi connectivity index (χ1v) is 8.21. The summed E-state index contributed by atoms with van der Waals surface area (Å²) in [7, 11) is 0. The predicted octanol–water partition coefficient (Wildman–Crippen LogP) is 2.55. The van der Waals surface area contributed by atoms with E-state index in [4.69, 9.17) is 9.26 Å². The predicted molar refractivity (Wildman–Crippen MR) is 91.9 cm³/mol. The monoisotopic (exact) mass is 352 g/mol. The smallest absolute Gasteiger partial charge is 0.335 e. The number of nitrogens with zero attached hydrogens (tertiary/aromatic N) is 1. The summed E-state index contributed by atoms with van der Waals surface area (Å²) < 4.78 is 15.8. The third-order valence-electron chi connectivity index (χ3n) is 4.13. The second-order valence-corrected chi connectivity index (χ2v) is 6.16. The van der Waals surface area contributed by atoms with Crippen LogP contribution in [0.1, 0.15) is 28.5 Å². The third-order valence-corrected chi connectivity index (χ3v) is 4.13. The Morgan fingerprint density at radius 3 is 2.96 bits per heavy atom. The highest BCUT2D eigenvalue weighted by atomic mass is 16.5. The van der Waals surface area contributed by atoms with Crippen LogP contribution >= 0.6 is 0 Å². The Bertz CT molecular complexity index is 1000. The molecular formula is C19H16N2O5. The van der Waals surface area contributed by atoms with Gasteiger partial charge in [0.15, 0.2) is 5.76 Å². The highest BCUT2D eigenvalue weighted by molar-refractivity contribution is 5.93. The highest BCUT2D eigenvalue weighted by Gasteiger charge is 2.20. The summed E-state index contributed by atoms with van der Waals surface area (Å²) in [5.41, 5.74) is 2.41. The first-order chi connectivity index (χ1) is 12.6. The molecule has 0 saturated heterocycles. The maximum atomic E-state index is 12.0. The molecule has 0 fully saturated rings. The van der Waals surface area contributed by atoms with Crippen molar-refractivity contribution in [2.24, 2.45) is 0 Å². The lowest BCUT2D eigenvalue weighted by atomic mass is 10.1. The molecule has 4 rings (SSSR count). The number of nitrogens with one attached hydrogen (secondary N) is 1. The van der Waals surface area contributed by atoms with Crippen molar-refractivity contribution >= 4 is 5.91 Å². The Morgan fingerprint density at radius 1 is 1.27 bits per heavy atom. The van der Waals surface area contributed by atoms with Crippen LogP contribution in [0.5, 0.6) is 5.75 Å². The number of amides is 1. The zero-order valence-electron chi connectivity index (χ0n) is 14.0. The first-order valence-electron chi connectivity index (χ1n) is 8.21. The minimum atomic E-state index is -0.503. The van der Waals surface area contributed by atoms with Crippen LogP contribution in [0.4, 0.5) is 0 Å². The molecule has 1 aliphatic heterocycles. The summed E-state index contributed by atoms with van der Waals surface area (Å²) in [4.78, 5) is 22.9. The molecule has 3 aromatic rings. The Balaban J connectivity index is 1.44. The van der Waals surface area contributed by atoms with E-state index >= 15 is 0 Å². The number of carbonyl (C=O) groups excluding carboxylic acids is 1. The molecule has 0 spiro atoms. The molecule has 2 aromatic heterocycles. The number of fused-ring (bicyclic) bond motifs is 1. The second-order valence-electron chi connectivity index (χ2n) is 6.16. The van der Waals surface area contributed by atoms with Gasteiger partial charge in [-0.3, -0.25) is 4.79 Å². The van der Waals surface area contributed by atoms with Crippen LogP contribution in [0, 0.1) is 0 Å². The molecular weight excluding hydrogens is 336 g/mol. The van der Waals surface area contributed by atoms with Gasteiger partial charge in [-0.05, 0) is 36.8 Å². The second kappa shape index (κ2) is 6.51. The number of benzene rings is 1. The fourth-order valence-electron chi connectivity index (χ4n) is 2.87. The zero-order valence-corrected chi connectivity index (χ0v) is 14.0. The van der Waals surface area contributed by atoms with E-state index in [1.54, 1.807) is 6.07 Å². The van der Waals surface area contributed by atoms with Crippen LogP contribution in [0.15, 0.2) is 56.4 Å². The Kier molecular flexibility index (Phi) is 4.04. The van der Waals surface area contributed by atoms with Gasteiger partial charge < -0.3 is 19.0 Å². The van der Waals surface area contributed by atoms with E-state index in [1.165, 1.54) is 12.1 Å². The van der Waals surface area contributed by atoms with Gasteiger partial charge in [0.2, 0.25) is 0 Å². The molecule has 0 aliphatic carbocycles. The highest BCUT2D eigenvalue weighted by Crippen LogP contribution is 2.33. The molecule has 3 heterocycles. The normalized spacial score (nSPS) is 15.3. The quantitative estimate of drug-likeness (QED) is 0.775. The van der Waals surface area contributed by atoms with E-state index in [1.807, 2.05) is 25.1 Å². The van der Waals surface area contributed by atoms with Gasteiger partial charge in [-0.2, -0.15) is 0 Å². The molecule has 1 N–H and O–H groups in total. The van der Waals surface area contributed by atoms with E-state index in [0.717, 1.165) is 29.6 Å². The van der Waals surface area contributed by atoms with Gasteiger partial charge in [0.1, 0.15) is 23.8 Å². The number of hydrogen-bond acceptors (Lipinski definition) is 6. The zero-order chi connectivity index (χ0) is 18.1. The number of hydrogen-bond donors (Lipinski definition) is 1. The molecule has 0 saturated carbocycles. The van der Waals surface area contributed by atoms with E-state index < -0.39 is 5.63 Å². The fraction of sp³-hybridized carbons (Fsp3) is 0.211. The van der Waals surface area contributed by atoms with Gasteiger partial charge in [0.25, 0.3) is 5.91 Å². The molecule has 132 valence electrons. The lowest BCUT2D eigenvalue weighted by Gasteiger charge is -2.02. The molecule has 1 unspecified atom stereocenters. The summed E-state index contributed by atoms with van der Waals surface area (Å²) in [5, 5.41) is 6.69. The number of rotatable bonds is 4. The average molecular weight is 352 g/mol. The molecule has 0 bridgehead atoms. The maximum Gasteiger partial charge on any atom is 0.335 e. The standard InChI is InChI=1S/C19H16N2O5/c1-11-6-14-7-12(2-4-16(14)25-11)17-8-15(21-26-17)9-20-19(23)13-3-5-18(22)24-10-13/h2-5,7-8,10-11H,6,9H2,1H3,(H,20,23). The van der Waals surface area contributed by atoms with Crippen LogP contribution in [-0.4, -0.2) is 17.2 Å². The largest absolute Gasteiger partial charge is 0.490 e. The van der Waals surface area contributed by atoms with Crippen LogP contribution in [-0.2, 0) is 13.0 Å². The van der Waals surface area contributed by atoms with Crippen LogP contribution in [0.2, 0.25) is 0 Å². The van der Waals surface area contributed by atoms with Gasteiger partial charge in [0, 0.05) is 24.1 Å². The van der Waals surface area contributed by atoms with E-state index in [-0.39, 0.29) is 24.1 Å². The number of carbonyl (C=O) groups is 1. The van der Waals surface area contributed by atoms with Gasteiger partial charge in [-0.15, -0.1) is 0 Å². The molecule has 26 heavy (non-hydrogen) atoms. The summed E-state index contributed by atoms with van der Waals surface area (Å²) in [6, 6.07) is 10.3. The average Bonchev–Trinajstić information content (AvgIpc) is 3.25. The first kappa shape index (κ1) is 16.1. The lowest BCUT2D eigenvalue weighted by Crippen LogP contribution is -2.23. The Hall–Kier alpha value is -3.35. The van der Waals surface area contributed by atoms with Crippen molar-refractivity contribution in [2.45, 2.75) is 26.0 Å². The van der Waals surface area contributed by atoms with Crippen LogP contribution < -0.4 is 15.7 Å². The van der Waals surface area contributed by atoms with Crippen molar-refractivity contribution in [3.05, 3.63) is 69.9 Å². The molecule has 1 aromatic carbocycles. The van der Waals surface area contributed by atoms with Crippen molar-refractivity contribution in [2.75, 3.05) is 0 Å². The molecule has 1 atom stereocenters. The number of aromatic nitrogens is 1. The third kappa shape index (κ3) is 3.23.